The Labute approximate surface area is 144 Å². The highest BCUT2D eigenvalue weighted by Crippen LogP contribution is 2.19. The van der Waals surface area contributed by atoms with Gasteiger partial charge in [0.2, 0.25) is 5.91 Å². The predicted molar refractivity (Wildman–Crippen MR) is 93.3 cm³/mol. The number of carbonyl (C=O) groups excluding carboxylic acids is 1. The average molecular weight is 345 g/mol. The number of thioether (sulfide) groups is 1. The van der Waals surface area contributed by atoms with E-state index in [9.17, 15) is 9.59 Å². The summed E-state index contributed by atoms with van der Waals surface area (Å²) >= 11 is 1.62. The summed E-state index contributed by atoms with van der Waals surface area (Å²) in [5.74, 6) is 2.44. The van der Waals surface area contributed by atoms with Crippen molar-refractivity contribution in [3.8, 4) is 5.75 Å². The van der Waals surface area contributed by atoms with Crippen molar-refractivity contribution in [2.75, 3.05) is 18.8 Å². The molecular weight excluding hydrogens is 326 g/mol. The number of benzene rings is 1. The molecule has 1 aliphatic rings. The van der Waals surface area contributed by atoms with E-state index in [-0.39, 0.29) is 12.0 Å². The van der Waals surface area contributed by atoms with E-state index in [1.807, 2.05) is 18.2 Å². The Balaban J connectivity index is 1.39. The molecule has 0 atom stereocenters. The van der Waals surface area contributed by atoms with Crippen molar-refractivity contribution in [2.45, 2.75) is 18.8 Å². The van der Waals surface area contributed by atoms with Crippen LogP contribution >= 0.6 is 11.8 Å². The minimum atomic E-state index is -0.422. The maximum atomic E-state index is 12.1. The van der Waals surface area contributed by atoms with E-state index in [1.54, 1.807) is 29.7 Å². The lowest BCUT2D eigenvalue weighted by Gasteiger charge is -2.38. The quantitative estimate of drug-likeness (QED) is 0.805. The third-order valence-corrected chi connectivity index (χ3v) is 4.70. The SMILES string of the molecule is Cc1cc(OC2CN(C(=O)CSCc3ccccc3)C2)cc(=O)o1. The van der Waals surface area contributed by atoms with Crippen LogP contribution in [0, 0.1) is 6.92 Å². The van der Waals surface area contributed by atoms with Crippen LogP contribution in [0.5, 0.6) is 5.75 Å². The van der Waals surface area contributed by atoms with Crippen LogP contribution in [0.2, 0.25) is 0 Å². The number of rotatable bonds is 6. The molecule has 1 aromatic heterocycles. The minimum absolute atomic E-state index is 0.0609. The summed E-state index contributed by atoms with van der Waals surface area (Å²) in [7, 11) is 0. The van der Waals surface area contributed by atoms with Crippen molar-refractivity contribution in [1.82, 2.24) is 4.90 Å². The summed E-state index contributed by atoms with van der Waals surface area (Å²) in [4.78, 5) is 25.2. The molecule has 0 bridgehead atoms. The second kappa shape index (κ2) is 7.57. The standard InChI is InChI=1S/C18H19NO4S/c1-13-7-15(8-18(21)22-13)23-16-9-19(10-16)17(20)12-24-11-14-5-3-2-4-6-14/h2-8,16H,9-12H2,1H3. The number of hydrogen-bond donors (Lipinski definition) is 0. The van der Waals surface area contributed by atoms with Gasteiger partial charge in [-0.1, -0.05) is 30.3 Å². The number of nitrogens with zero attached hydrogens (tertiary/aromatic N) is 1. The third-order valence-electron chi connectivity index (χ3n) is 3.71. The Kier molecular flexibility index (Phi) is 5.25. The molecule has 1 fully saturated rings. The molecule has 2 aromatic rings. The summed E-state index contributed by atoms with van der Waals surface area (Å²) < 4.78 is 10.6. The first kappa shape index (κ1) is 16.6. The van der Waals surface area contributed by atoms with E-state index in [4.69, 9.17) is 9.15 Å². The molecule has 126 valence electrons. The first-order valence-electron chi connectivity index (χ1n) is 7.78. The summed E-state index contributed by atoms with van der Waals surface area (Å²) in [5, 5.41) is 0. The fraction of sp³-hybridized carbons (Fsp3) is 0.333. The molecule has 1 amide bonds. The van der Waals surface area contributed by atoms with E-state index in [0.717, 1.165) is 5.75 Å². The monoisotopic (exact) mass is 345 g/mol. The first-order chi connectivity index (χ1) is 11.6. The third kappa shape index (κ3) is 4.41. The highest BCUT2D eigenvalue weighted by Gasteiger charge is 2.32. The zero-order valence-corrected chi connectivity index (χ0v) is 14.3. The fourth-order valence-corrected chi connectivity index (χ4v) is 3.36. The van der Waals surface area contributed by atoms with Gasteiger partial charge in [-0.3, -0.25) is 4.79 Å². The first-order valence-corrected chi connectivity index (χ1v) is 8.93. The Morgan fingerprint density at radius 3 is 2.75 bits per heavy atom. The second-order valence-corrected chi connectivity index (χ2v) is 6.73. The largest absolute Gasteiger partial charge is 0.486 e. The van der Waals surface area contributed by atoms with Gasteiger partial charge in [0.05, 0.1) is 24.9 Å². The van der Waals surface area contributed by atoms with Crippen LogP contribution in [0.3, 0.4) is 0 Å². The summed E-state index contributed by atoms with van der Waals surface area (Å²) in [6, 6.07) is 13.1. The molecule has 0 N–H and O–H groups in total. The van der Waals surface area contributed by atoms with Gasteiger partial charge in [-0.25, -0.2) is 4.79 Å². The molecular formula is C18H19NO4S. The summed E-state index contributed by atoms with van der Waals surface area (Å²) in [6.07, 6.45) is -0.0609. The van der Waals surface area contributed by atoms with Gasteiger partial charge in [-0.15, -0.1) is 11.8 Å². The van der Waals surface area contributed by atoms with E-state index in [1.165, 1.54) is 11.6 Å². The lowest BCUT2D eigenvalue weighted by Crippen LogP contribution is -2.56. The number of carbonyl (C=O) groups is 1. The molecule has 0 saturated carbocycles. The van der Waals surface area contributed by atoms with Gasteiger partial charge in [0.1, 0.15) is 17.6 Å². The van der Waals surface area contributed by atoms with Crippen molar-refractivity contribution in [3.63, 3.8) is 0 Å². The molecule has 0 unspecified atom stereocenters. The van der Waals surface area contributed by atoms with Crippen LogP contribution < -0.4 is 10.4 Å². The molecule has 0 aliphatic carbocycles. The molecule has 1 aliphatic heterocycles. The zero-order valence-electron chi connectivity index (χ0n) is 13.4. The van der Waals surface area contributed by atoms with Gasteiger partial charge in [0.15, 0.2) is 0 Å². The molecule has 0 radical (unpaired) electrons. The van der Waals surface area contributed by atoms with E-state index >= 15 is 0 Å². The average Bonchev–Trinajstić information content (AvgIpc) is 2.50. The predicted octanol–water partition coefficient (Wildman–Crippen LogP) is 2.47. The van der Waals surface area contributed by atoms with Gasteiger partial charge in [-0.05, 0) is 12.5 Å². The molecule has 2 heterocycles. The number of amides is 1. The highest BCUT2D eigenvalue weighted by atomic mass is 32.2. The van der Waals surface area contributed by atoms with Gasteiger partial charge in [0.25, 0.3) is 0 Å². The Bertz CT molecular complexity index is 753. The van der Waals surface area contributed by atoms with Gasteiger partial charge in [-0.2, -0.15) is 0 Å². The lowest BCUT2D eigenvalue weighted by molar-refractivity contribution is -0.137. The number of likely N-dealkylation sites (tertiary alicyclic amines) is 1. The molecule has 5 nitrogen and oxygen atoms in total. The number of aryl methyl sites for hydroxylation is 1. The molecule has 6 heteroatoms. The Hall–Kier alpha value is -2.21. The van der Waals surface area contributed by atoms with Crippen LogP contribution in [-0.2, 0) is 10.5 Å². The van der Waals surface area contributed by atoms with Gasteiger partial charge < -0.3 is 14.1 Å². The van der Waals surface area contributed by atoms with E-state index in [2.05, 4.69) is 12.1 Å². The fourth-order valence-electron chi connectivity index (χ4n) is 2.47. The molecule has 3 rings (SSSR count). The number of ether oxygens (including phenoxy) is 1. The second-order valence-electron chi connectivity index (χ2n) is 5.74. The van der Waals surface area contributed by atoms with Gasteiger partial charge in [0, 0.05) is 11.8 Å². The van der Waals surface area contributed by atoms with Crippen molar-refractivity contribution < 1.29 is 13.9 Å². The van der Waals surface area contributed by atoms with Crippen LogP contribution in [-0.4, -0.2) is 35.8 Å². The Morgan fingerprint density at radius 2 is 2.04 bits per heavy atom. The summed E-state index contributed by atoms with van der Waals surface area (Å²) in [6.45, 7) is 2.82. The normalized spacial score (nSPS) is 14.3. The number of hydrogen-bond acceptors (Lipinski definition) is 5. The van der Waals surface area contributed by atoms with Crippen molar-refractivity contribution in [2.24, 2.45) is 0 Å². The Morgan fingerprint density at radius 1 is 1.29 bits per heavy atom. The van der Waals surface area contributed by atoms with Crippen molar-refractivity contribution in [3.05, 3.63) is 64.2 Å². The molecule has 1 aromatic carbocycles. The topological polar surface area (TPSA) is 59.8 Å². The molecule has 24 heavy (non-hydrogen) atoms. The zero-order chi connectivity index (χ0) is 16.9. The van der Waals surface area contributed by atoms with Gasteiger partial charge >= 0.3 is 5.63 Å². The maximum Gasteiger partial charge on any atom is 0.339 e. The minimum Gasteiger partial charge on any atom is -0.486 e. The van der Waals surface area contributed by atoms with Crippen molar-refractivity contribution >= 4 is 17.7 Å². The smallest absolute Gasteiger partial charge is 0.339 e. The lowest BCUT2D eigenvalue weighted by atomic mass is 10.1. The van der Waals surface area contributed by atoms with Crippen LogP contribution in [0.1, 0.15) is 11.3 Å². The van der Waals surface area contributed by atoms with Crippen LogP contribution in [0.15, 0.2) is 51.7 Å². The van der Waals surface area contributed by atoms with Crippen molar-refractivity contribution in [1.29, 1.82) is 0 Å². The highest BCUT2D eigenvalue weighted by molar-refractivity contribution is 7.99. The molecule has 1 saturated heterocycles. The van der Waals surface area contributed by atoms with E-state index in [0.29, 0.717) is 30.4 Å². The maximum absolute atomic E-state index is 12.1. The van der Waals surface area contributed by atoms with Crippen LogP contribution in [0.25, 0.3) is 0 Å². The molecule has 0 spiro atoms. The summed E-state index contributed by atoms with van der Waals surface area (Å²) in [5.41, 5.74) is 0.799. The van der Waals surface area contributed by atoms with Crippen LogP contribution in [0.4, 0.5) is 0 Å². The van der Waals surface area contributed by atoms with E-state index < -0.39 is 5.63 Å².